The van der Waals surface area contributed by atoms with Crippen LogP contribution in [0.4, 0.5) is 5.69 Å². The second-order valence-electron chi connectivity index (χ2n) is 6.59. The summed E-state index contributed by atoms with van der Waals surface area (Å²) in [6, 6.07) is 13.3. The third-order valence-corrected chi connectivity index (χ3v) is 6.69. The number of rotatable bonds is 4. The van der Waals surface area contributed by atoms with Gasteiger partial charge in [0.05, 0.1) is 9.99 Å². The first-order valence-corrected chi connectivity index (χ1v) is 11.2. The SMILES string of the molecule is Cc1cc2c(N=NC(=O)COc3ccc4cc(Br)ccc4c3Br)c(O)[nH]c2cc1Br. The van der Waals surface area contributed by atoms with Crippen LogP contribution in [0.2, 0.25) is 0 Å². The molecule has 0 saturated carbocycles. The van der Waals surface area contributed by atoms with Gasteiger partial charge in [0, 0.05) is 14.3 Å². The predicted octanol–water partition coefficient (Wildman–Crippen LogP) is 7.31. The summed E-state index contributed by atoms with van der Waals surface area (Å²) in [5.41, 5.74) is 1.88. The minimum atomic E-state index is -0.569. The molecule has 1 aromatic heterocycles. The number of ether oxygens (including phenoxy) is 1. The van der Waals surface area contributed by atoms with Crippen LogP contribution in [-0.4, -0.2) is 22.6 Å². The molecule has 0 bridgehead atoms. The minimum Gasteiger partial charge on any atom is -0.493 e. The van der Waals surface area contributed by atoms with E-state index >= 15 is 0 Å². The number of H-pyrrole nitrogens is 1. The zero-order chi connectivity index (χ0) is 21.4. The second kappa shape index (κ2) is 8.49. The predicted molar refractivity (Wildman–Crippen MR) is 127 cm³/mol. The highest BCUT2D eigenvalue weighted by molar-refractivity contribution is 9.11. The van der Waals surface area contributed by atoms with Gasteiger partial charge in [-0.3, -0.25) is 4.79 Å². The van der Waals surface area contributed by atoms with Gasteiger partial charge in [0.2, 0.25) is 5.88 Å². The van der Waals surface area contributed by atoms with Crippen LogP contribution in [0.5, 0.6) is 11.6 Å². The van der Waals surface area contributed by atoms with Crippen molar-refractivity contribution < 1.29 is 14.6 Å². The lowest BCUT2D eigenvalue weighted by Crippen LogP contribution is -2.08. The van der Waals surface area contributed by atoms with E-state index in [4.69, 9.17) is 4.74 Å². The van der Waals surface area contributed by atoms with Gasteiger partial charge in [-0.05, 0) is 69.5 Å². The number of carbonyl (C=O) groups is 1. The van der Waals surface area contributed by atoms with E-state index in [-0.39, 0.29) is 18.2 Å². The number of benzene rings is 3. The van der Waals surface area contributed by atoms with Crippen LogP contribution >= 0.6 is 47.8 Å². The molecule has 0 radical (unpaired) electrons. The van der Waals surface area contributed by atoms with Crippen molar-refractivity contribution >= 4 is 81.1 Å². The normalized spacial score (nSPS) is 11.6. The highest BCUT2D eigenvalue weighted by Crippen LogP contribution is 2.38. The van der Waals surface area contributed by atoms with Crippen molar-refractivity contribution in [1.29, 1.82) is 0 Å². The molecule has 152 valence electrons. The number of hydrogen-bond acceptors (Lipinski definition) is 4. The van der Waals surface area contributed by atoms with E-state index in [1.54, 1.807) is 6.07 Å². The lowest BCUT2D eigenvalue weighted by molar-refractivity contribution is -0.120. The fourth-order valence-corrected chi connectivity index (χ4v) is 4.35. The number of carbonyl (C=O) groups excluding carboxylic acids is 1. The summed E-state index contributed by atoms with van der Waals surface area (Å²) in [4.78, 5) is 15.0. The van der Waals surface area contributed by atoms with Crippen LogP contribution in [0, 0.1) is 6.92 Å². The number of amides is 1. The van der Waals surface area contributed by atoms with E-state index < -0.39 is 5.91 Å². The van der Waals surface area contributed by atoms with Gasteiger partial charge in [0.15, 0.2) is 12.3 Å². The summed E-state index contributed by atoms with van der Waals surface area (Å²) >= 11 is 10.4. The maximum atomic E-state index is 12.2. The topological polar surface area (TPSA) is 87.0 Å². The van der Waals surface area contributed by atoms with E-state index in [9.17, 15) is 9.90 Å². The Labute approximate surface area is 196 Å². The fraction of sp³-hybridized carbons (Fsp3) is 0.0952. The van der Waals surface area contributed by atoms with E-state index in [0.29, 0.717) is 16.7 Å². The first kappa shape index (κ1) is 21.0. The Morgan fingerprint density at radius 1 is 1.10 bits per heavy atom. The van der Waals surface area contributed by atoms with E-state index in [0.717, 1.165) is 29.8 Å². The Morgan fingerprint density at radius 3 is 2.70 bits per heavy atom. The minimum absolute atomic E-state index is 0.150. The molecule has 2 N–H and O–H groups in total. The van der Waals surface area contributed by atoms with Crippen LogP contribution in [0.25, 0.3) is 21.7 Å². The molecule has 9 heteroatoms. The number of nitrogens with zero attached hydrogens (tertiary/aromatic N) is 2. The van der Waals surface area contributed by atoms with Gasteiger partial charge >= 0.3 is 5.91 Å². The maximum absolute atomic E-state index is 12.2. The number of aromatic nitrogens is 1. The molecule has 0 spiro atoms. The molecule has 4 rings (SSSR count). The molecule has 30 heavy (non-hydrogen) atoms. The highest BCUT2D eigenvalue weighted by Gasteiger charge is 2.13. The average molecular weight is 596 g/mol. The van der Waals surface area contributed by atoms with Crippen molar-refractivity contribution in [3.63, 3.8) is 0 Å². The molecule has 0 aliphatic rings. The van der Waals surface area contributed by atoms with Crippen LogP contribution in [0.15, 0.2) is 66.1 Å². The first-order chi connectivity index (χ1) is 14.3. The quantitative estimate of drug-likeness (QED) is 0.243. The zero-order valence-electron chi connectivity index (χ0n) is 15.5. The van der Waals surface area contributed by atoms with E-state index in [1.165, 1.54) is 0 Å². The molecule has 1 heterocycles. The van der Waals surface area contributed by atoms with Gasteiger partial charge in [-0.2, -0.15) is 0 Å². The highest BCUT2D eigenvalue weighted by atomic mass is 79.9. The second-order valence-corrected chi connectivity index (χ2v) is 9.16. The number of hydrogen-bond donors (Lipinski definition) is 2. The summed E-state index contributed by atoms with van der Waals surface area (Å²) in [5, 5.41) is 20.4. The Hall–Kier alpha value is -2.23. The molecule has 0 saturated heterocycles. The molecule has 4 aromatic rings. The van der Waals surface area contributed by atoms with E-state index in [1.807, 2.05) is 43.3 Å². The Morgan fingerprint density at radius 2 is 1.90 bits per heavy atom. The smallest absolute Gasteiger partial charge is 0.302 e. The molecule has 3 aromatic carbocycles. The summed E-state index contributed by atoms with van der Waals surface area (Å²) < 4.78 is 8.26. The van der Waals surface area contributed by atoms with Crippen LogP contribution in [0.1, 0.15) is 5.56 Å². The summed E-state index contributed by atoms with van der Waals surface area (Å²) in [6.45, 7) is 1.64. The number of nitrogens with one attached hydrogen (secondary N) is 1. The number of fused-ring (bicyclic) bond motifs is 2. The fourth-order valence-electron chi connectivity index (χ4n) is 3.02. The third kappa shape index (κ3) is 4.14. The van der Waals surface area contributed by atoms with Crippen molar-refractivity contribution in [2.24, 2.45) is 10.2 Å². The summed E-state index contributed by atoms with van der Waals surface area (Å²) in [5.74, 6) is -0.187. The van der Waals surface area contributed by atoms with Gasteiger partial charge in [0.25, 0.3) is 0 Å². The summed E-state index contributed by atoms with van der Waals surface area (Å²) in [7, 11) is 0. The molecule has 1 amide bonds. The molecule has 6 nitrogen and oxygen atoms in total. The van der Waals surface area contributed by atoms with Gasteiger partial charge < -0.3 is 14.8 Å². The Balaban J connectivity index is 1.51. The van der Waals surface area contributed by atoms with Crippen LogP contribution < -0.4 is 4.74 Å². The number of aryl methyl sites for hydroxylation is 1. The zero-order valence-corrected chi connectivity index (χ0v) is 20.3. The number of aromatic hydroxyl groups is 1. The lowest BCUT2D eigenvalue weighted by Gasteiger charge is -2.09. The Bertz CT molecular complexity index is 1330. The standard InChI is InChI=1S/C21H14Br3N3O3/c1-10-6-14-16(8-15(10)23)25-21(29)20(14)27-26-18(28)9-30-17-5-2-11-7-12(22)3-4-13(11)19(17)24/h2-8,25,29H,9H2,1H3. The van der Waals surface area contributed by atoms with Crippen molar-refractivity contribution in [3.05, 3.63) is 61.4 Å². The lowest BCUT2D eigenvalue weighted by atomic mass is 10.1. The van der Waals surface area contributed by atoms with Gasteiger partial charge in [-0.15, -0.1) is 10.2 Å². The van der Waals surface area contributed by atoms with Crippen LogP contribution in [0.3, 0.4) is 0 Å². The van der Waals surface area contributed by atoms with Gasteiger partial charge in [0.1, 0.15) is 5.75 Å². The largest absolute Gasteiger partial charge is 0.493 e. The molecular weight excluding hydrogens is 582 g/mol. The molecule has 0 aliphatic heterocycles. The number of aromatic amines is 1. The van der Waals surface area contributed by atoms with Gasteiger partial charge in [-0.1, -0.05) is 44.0 Å². The molecule has 0 aliphatic carbocycles. The summed E-state index contributed by atoms with van der Waals surface area (Å²) in [6.07, 6.45) is 0. The van der Waals surface area contributed by atoms with Crippen molar-refractivity contribution in [2.75, 3.05) is 6.61 Å². The number of halogens is 3. The molecule has 0 unspecified atom stereocenters. The third-order valence-electron chi connectivity index (χ3n) is 4.52. The Kier molecular flexibility index (Phi) is 5.95. The van der Waals surface area contributed by atoms with E-state index in [2.05, 4.69) is 63.0 Å². The average Bonchev–Trinajstić information content (AvgIpc) is 3.00. The van der Waals surface area contributed by atoms with Crippen molar-refractivity contribution in [1.82, 2.24) is 4.98 Å². The van der Waals surface area contributed by atoms with Gasteiger partial charge in [-0.25, -0.2) is 0 Å². The molecular formula is C21H14Br3N3O3. The maximum Gasteiger partial charge on any atom is 0.302 e. The van der Waals surface area contributed by atoms with Crippen molar-refractivity contribution in [3.8, 4) is 11.6 Å². The van der Waals surface area contributed by atoms with Crippen molar-refractivity contribution in [2.45, 2.75) is 6.92 Å². The van der Waals surface area contributed by atoms with Crippen LogP contribution in [-0.2, 0) is 4.79 Å². The monoisotopic (exact) mass is 593 g/mol. The molecule has 0 atom stereocenters. The molecule has 0 fully saturated rings. The number of azo groups is 1. The first-order valence-electron chi connectivity index (χ1n) is 8.79.